The summed E-state index contributed by atoms with van der Waals surface area (Å²) in [6.07, 6.45) is 0.172. The van der Waals surface area contributed by atoms with Crippen molar-refractivity contribution in [3.8, 4) is 11.1 Å². The molecule has 0 aliphatic heterocycles. The number of aryl methyl sites for hydroxylation is 2. The van der Waals surface area contributed by atoms with Crippen LogP contribution in [0.15, 0.2) is 76.1 Å². The van der Waals surface area contributed by atoms with Gasteiger partial charge in [-0.25, -0.2) is 9.59 Å². The number of rotatable bonds is 6. The van der Waals surface area contributed by atoms with Gasteiger partial charge in [0, 0.05) is 17.9 Å². The van der Waals surface area contributed by atoms with Gasteiger partial charge in [0.15, 0.2) is 5.43 Å². The van der Waals surface area contributed by atoms with Crippen molar-refractivity contribution >= 4 is 23.0 Å². The fraction of sp³-hybridized carbons (Fsp3) is 0.207. The van der Waals surface area contributed by atoms with Crippen molar-refractivity contribution in [2.75, 3.05) is 6.61 Å². The Morgan fingerprint density at radius 3 is 2.31 bits per heavy atom. The van der Waals surface area contributed by atoms with E-state index >= 15 is 0 Å². The monoisotopic (exact) mass is 483 g/mol. The zero-order chi connectivity index (χ0) is 25.4. The van der Waals surface area contributed by atoms with Crippen molar-refractivity contribution in [1.29, 1.82) is 0 Å². The number of ether oxygens (including phenoxy) is 1. The molecule has 4 aromatic rings. The third-order valence-electron chi connectivity index (χ3n) is 6.65. The van der Waals surface area contributed by atoms with Gasteiger partial charge in [-0.15, -0.1) is 0 Å². The van der Waals surface area contributed by atoms with E-state index < -0.39 is 18.1 Å². The first kappa shape index (κ1) is 23.4. The Morgan fingerprint density at radius 2 is 1.67 bits per heavy atom. The molecule has 1 heterocycles. The van der Waals surface area contributed by atoms with Gasteiger partial charge in [-0.3, -0.25) is 4.79 Å². The Labute approximate surface area is 207 Å². The minimum Gasteiger partial charge on any atom is -0.480 e. The second kappa shape index (κ2) is 9.34. The number of carbonyl (C=O) groups excluding carboxylic acids is 1. The van der Waals surface area contributed by atoms with Gasteiger partial charge in [-0.1, -0.05) is 54.6 Å². The first-order valence-electron chi connectivity index (χ1n) is 11.7. The van der Waals surface area contributed by atoms with Gasteiger partial charge >= 0.3 is 12.1 Å². The maximum Gasteiger partial charge on any atom is 0.407 e. The highest BCUT2D eigenvalue weighted by molar-refractivity contribution is 5.83. The number of nitrogens with one attached hydrogen (secondary N) is 1. The Bertz CT molecular complexity index is 1510. The third kappa shape index (κ3) is 4.24. The Morgan fingerprint density at radius 1 is 1.03 bits per heavy atom. The summed E-state index contributed by atoms with van der Waals surface area (Å²) in [6.45, 7) is 3.77. The molecule has 1 amide bonds. The summed E-state index contributed by atoms with van der Waals surface area (Å²) in [7, 11) is 0. The van der Waals surface area contributed by atoms with E-state index in [0.29, 0.717) is 11.0 Å². The molecule has 3 aromatic carbocycles. The van der Waals surface area contributed by atoms with Crippen molar-refractivity contribution < 1.29 is 23.8 Å². The van der Waals surface area contributed by atoms with Crippen LogP contribution in [0.4, 0.5) is 4.79 Å². The fourth-order valence-corrected chi connectivity index (χ4v) is 5.00. The van der Waals surface area contributed by atoms with Gasteiger partial charge in [0.2, 0.25) is 0 Å². The van der Waals surface area contributed by atoms with Crippen LogP contribution in [-0.2, 0) is 16.0 Å². The Balaban J connectivity index is 1.31. The lowest BCUT2D eigenvalue weighted by Gasteiger charge is -2.17. The van der Waals surface area contributed by atoms with Crippen LogP contribution in [-0.4, -0.2) is 29.8 Å². The van der Waals surface area contributed by atoms with E-state index in [1.165, 1.54) is 6.26 Å². The van der Waals surface area contributed by atoms with Gasteiger partial charge < -0.3 is 19.6 Å². The molecule has 0 saturated heterocycles. The third-order valence-corrected chi connectivity index (χ3v) is 6.65. The van der Waals surface area contributed by atoms with E-state index in [1.807, 2.05) is 61.5 Å². The number of carboxylic acid groups (broad SMARTS) is 1. The second-order valence-electron chi connectivity index (χ2n) is 9.11. The average Bonchev–Trinajstić information content (AvgIpc) is 3.17. The molecule has 1 aliphatic rings. The summed E-state index contributed by atoms with van der Waals surface area (Å²) in [5.74, 6) is -1.42. The SMILES string of the molecule is Cc1cc(C)c2c(=O)c(CC(NC(=O)OCC3c4ccccc4-c4ccccc43)C(=O)O)coc2c1. The molecule has 1 aliphatic carbocycles. The number of hydrogen-bond acceptors (Lipinski definition) is 5. The number of hydrogen-bond donors (Lipinski definition) is 2. The number of fused-ring (bicyclic) bond motifs is 4. The number of aliphatic carboxylic acids is 1. The molecule has 1 aromatic heterocycles. The smallest absolute Gasteiger partial charge is 0.407 e. The molecule has 1 atom stereocenters. The van der Waals surface area contributed by atoms with Crippen LogP contribution in [0.5, 0.6) is 0 Å². The van der Waals surface area contributed by atoms with Gasteiger partial charge in [-0.2, -0.15) is 0 Å². The molecule has 5 rings (SSSR count). The summed E-state index contributed by atoms with van der Waals surface area (Å²) < 4.78 is 11.1. The lowest BCUT2D eigenvalue weighted by molar-refractivity contribution is -0.139. The molecule has 0 spiro atoms. The number of carbonyl (C=O) groups is 2. The summed E-state index contributed by atoms with van der Waals surface area (Å²) in [4.78, 5) is 37.6. The van der Waals surface area contributed by atoms with E-state index in [0.717, 1.165) is 33.4 Å². The number of carboxylic acids is 1. The Kier molecular flexibility index (Phi) is 6.06. The van der Waals surface area contributed by atoms with Crippen LogP contribution in [0.25, 0.3) is 22.1 Å². The summed E-state index contributed by atoms with van der Waals surface area (Å²) >= 11 is 0. The van der Waals surface area contributed by atoms with Crippen LogP contribution in [0.3, 0.4) is 0 Å². The lowest BCUT2D eigenvalue weighted by atomic mass is 9.98. The molecule has 2 N–H and O–H groups in total. The van der Waals surface area contributed by atoms with Crippen molar-refractivity contribution in [2.24, 2.45) is 0 Å². The van der Waals surface area contributed by atoms with Gasteiger partial charge in [0.05, 0.1) is 11.6 Å². The molecule has 0 fully saturated rings. The zero-order valence-electron chi connectivity index (χ0n) is 19.9. The topological polar surface area (TPSA) is 106 Å². The standard InChI is InChI=1S/C29H25NO6/c1-16-11-17(2)26-25(12-16)35-14-18(27(26)31)13-24(28(32)33)30-29(34)36-15-23-21-9-5-3-7-19(21)20-8-4-6-10-22(20)23/h3-12,14,23-24H,13,15H2,1-2H3,(H,30,34)(H,32,33). The van der Waals surface area contributed by atoms with Crippen molar-refractivity contribution in [1.82, 2.24) is 5.32 Å². The van der Waals surface area contributed by atoms with E-state index in [-0.39, 0.29) is 29.9 Å². The highest BCUT2D eigenvalue weighted by atomic mass is 16.5. The Hall–Kier alpha value is -4.39. The predicted octanol–water partition coefficient (Wildman–Crippen LogP) is 4.94. The molecule has 1 unspecified atom stereocenters. The minimum atomic E-state index is -1.35. The summed E-state index contributed by atoms with van der Waals surface area (Å²) in [5, 5.41) is 12.5. The summed E-state index contributed by atoms with van der Waals surface area (Å²) in [5.41, 5.74) is 6.31. The predicted molar refractivity (Wildman–Crippen MR) is 135 cm³/mol. The summed E-state index contributed by atoms with van der Waals surface area (Å²) in [6, 6.07) is 18.2. The normalized spacial score (nSPS) is 13.2. The first-order valence-corrected chi connectivity index (χ1v) is 11.7. The van der Waals surface area contributed by atoms with Crippen molar-refractivity contribution in [3.05, 3.63) is 105 Å². The quantitative estimate of drug-likeness (QED) is 0.402. The van der Waals surface area contributed by atoms with Gasteiger partial charge in [0.1, 0.15) is 18.2 Å². The average molecular weight is 484 g/mol. The van der Waals surface area contributed by atoms with Crippen molar-refractivity contribution in [2.45, 2.75) is 32.2 Å². The molecule has 7 heteroatoms. The zero-order valence-corrected chi connectivity index (χ0v) is 19.9. The van der Waals surface area contributed by atoms with Crippen LogP contribution in [0.2, 0.25) is 0 Å². The minimum absolute atomic E-state index is 0.0584. The number of amides is 1. The van der Waals surface area contributed by atoms with E-state index in [4.69, 9.17) is 9.15 Å². The maximum atomic E-state index is 13.0. The fourth-order valence-electron chi connectivity index (χ4n) is 5.00. The molecular formula is C29H25NO6. The second-order valence-corrected chi connectivity index (χ2v) is 9.11. The first-order chi connectivity index (χ1) is 17.3. The van der Waals surface area contributed by atoms with E-state index in [1.54, 1.807) is 13.0 Å². The van der Waals surface area contributed by atoms with Crippen molar-refractivity contribution in [3.63, 3.8) is 0 Å². The van der Waals surface area contributed by atoms with Gasteiger partial charge in [0.25, 0.3) is 0 Å². The molecule has 0 saturated carbocycles. The molecule has 182 valence electrons. The molecule has 7 nitrogen and oxygen atoms in total. The number of alkyl carbamates (subject to hydrolysis) is 1. The molecule has 0 radical (unpaired) electrons. The molecular weight excluding hydrogens is 458 g/mol. The molecule has 36 heavy (non-hydrogen) atoms. The lowest BCUT2D eigenvalue weighted by Crippen LogP contribution is -2.43. The van der Waals surface area contributed by atoms with Crippen LogP contribution in [0.1, 0.15) is 33.7 Å². The molecule has 0 bridgehead atoms. The maximum absolute atomic E-state index is 13.0. The largest absolute Gasteiger partial charge is 0.480 e. The highest BCUT2D eigenvalue weighted by Gasteiger charge is 2.30. The van der Waals surface area contributed by atoms with Crippen LogP contribution in [0, 0.1) is 13.8 Å². The van der Waals surface area contributed by atoms with E-state index in [9.17, 15) is 19.5 Å². The van der Waals surface area contributed by atoms with E-state index in [2.05, 4.69) is 5.32 Å². The van der Waals surface area contributed by atoms with Gasteiger partial charge in [-0.05, 0) is 53.3 Å². The van der Waals surface area contributed by atoms with Crippen LogP contribution < -0.4 is 10.7 Å². The number of benzene rings is 3. The van der Waals surface area contributed by atoms with Crippen LogP contribution >= 0.6 is 0 Å². The highest BCUT2D eigenvalue weighted by Crippen LogP contribution is 2.44.